The summed E-state index contributed by atoms with van der Waals surface area (Å²) in [5.74, 6) is -2.41. The Bertz CT molecular complexity index is 1200. The van der Waals surface area contributed by atoms with Crippen LogP contribution < -0.4 is 10.6 Å². The van der Waals surface area contributed by atoms with Gasteiger partial charge in [0.25, 0.3) is 5.91 Å². The van der Waals surface area contributed by atoms with Crippen LogP contribution in [0.3, 0.4) is 0 Å². The van der Waals surface area contributed by atoms with Gasteiger partial charge in [-0.3, -0.25) is 9.59 Å². The van der Waals surface area contributed by atoms with E-state index in [1.807, 2.05) is 0 Å². The fraction of sp³-hybridized carbons (Fsp3) is 0.483. The van der Waals surface area contributed by atoms with Crippen molar-refractivity contribution in [3.8, 4) is 0 Å². The van der Waals surface area contributed by atoms with Crippen molar-refractivity contribution in [3.63, 3.8) is 0 Å². The van der Waals surface area contributed by atoms with Gasteiger partial charge in [0.2, 0.25) is 0 Å². The predicted octanol–water partition coefficient (Wildman–Crippen LogP) is 6.69. The molecule has 0 saturated heterocycles. The molecule has 0 heterocycles. The molecular weight excluding hydrogens is 530 g/mol. The third-order valence-electron chi connectivity index (χ3n) is 7.34. The second-order valence-electron chi connectivity index (χ2n) is 11.2. The van der Waals surface area contributed by atoms with Gasteiger partial charge in [-0.2, -0.15) is 13.2 Å². The molecule has 1 saturated carbocycles. The van der Waals surface area contributed by atoms with Crippen molar-refractivity contribution in [2.45, 2.75) is 71.6 Å². The standard InChI is InChI=1S/C29H35F4N3O4/c1-28(2,3)20-8-11-22(12-9-20)36(27(40)35-21-10-13-24(30)23(16-21)29(31,32)33)17-18-4-6-19(7-5-18)26(39)34-15-14-25(37)38/h4-7,10,13,16,20,22H,8-9,11-12,14-15,17H2,1-3H3,(H,34,39)(H,35,40)(H,37,38). The van der Waals surface area contributed by atoms with Gasteiger partial charge in [0.15, 0.2) is 0 Å². The Balaban J connectivity index is 1.78. The van der Waals surface area contributed by atoms with E-state index in [0.717, 1.165) is 31.7 Å². The highest BCUT2D eigenvalue weighted by Crippen LogP contribution is 2.39. The topological polar surface area (TPSA) is 98.7 Å². The van der Waals surface area contributed by atoms with Crippen molar-refractivity contribution in [2.24, 2.45) is 11.3 Å². The normalized spacial score (nSPS) is 17.7. The fourth-order valence-electron chi connectivity index (χ4n) is 4.98. The van der Waals surface area contributed by atoms with Crippen LogP contribution in [0.2, 0.25) is 0 Å². The molecule has 0 aromatic heterocycles. The van der Waals surface area contributed by atoms with E-state index in [9.17, 15) is 31.9 Å². The van der Waals surface area contributed by atoms with E-state index >= 15 is 0 Å². The van der Waals surface area contributed by atoms with E-state index in [1.54, 1.807) is 29.2 Å². The number of urea groups is 1. The number of nitrogens with one attached hydrogen (secondary N) is 2. The molecule has 1 fully saturated rings. The fourth-order valence-corrected chi connectivity index (χ4v) is 4.98. The first-order chi connectivity index (χ1) is 18.6. The number of carboxylic acids is 1. The molecule has 0 spiro atoms. The van der Waals surface area contributed by atoms with Crippen LogP contribution in [0.5, 0.6) is 0 Å². The summed E-state index contributed by atoms with van der Waals surface area (Å²) in [5.41, 5.74) is -0.492. The zero-order valence-electron chi connectivity index (χ0n) is 22.8. The van der Waals surface area contributed by atoms with Gasteiger partial charge in [-0.1, -0.05) is 32.9 Å². The summed E-state index contributed by atoms with van der Waals surface area (Å²) in [6.07, 6.45) is -1.89. The Kier molecular flexibility index (Phi) is 9.81. The lowest BCUT2D eigenvalue weighted by Gasteiger charge is -2.41. The third kappa shape index (κ3) is 8.43. The molecule has 40 heavy (non-hydrogen) atoms. The molecule has 2 aromatic rings. The van der Waals surface area contributed by atoms with Gasteiger partial charge in [0, 0.05) is 30.4 Å². The van der Waals surface area contributed by atoms with Crippen LogP contribution in [-0.4, -0.2) is 40.5 Å². The first-order valence-electron chi connectivity index (χ1n) is 13.2. The SMILES string of the molecule is CC(C)(C)C1CCC(N(Cc2ccc(C(=O)NCCC(=O)O)cc2)C(=O)Nc2ccc(F)c(C(F)(F)F)c2)CC1. The van der Waals surface area contributed by atoms with Crippen LogP contribution in [-0.2, 0) is 17.5 Å². The highest BCUT2D eigenvalue weighted by molar-refractivity contribution is 5.94. The quantitative estimate of drug-likeness (QED) is 0.311. The maximum Gasteiger partial charge on any atom is 0.419 e. The van der Waals surface area contributed by atoms with Crippen LogP contribution in [0.4, 0.5) is 28.0 Å². The maximum atomic E-state index is 13.8. The lowest BCUT2D eigenvalue weighted by atomic mass is 9.71. The van der Waals surface area contributed by atoms with Crippen LogP contribution in [0, 0.1) is 17.2 Å². The zero-order valence-corrected chi connectivity index (χ0v) is 22.8. The second-order valence-corrected chi connectivity index (χ2v) is 11.2. The minimum Gasteiger partial charge on any atom is -0.481 e. The number of hydrogen-bond donors (Lipinski definition) is 3. The molecule has 1 aliphatic carbocycles. The van der Waals surface area contributed by atoms with Gasteiger partial charge in [-0.15, -0.1) is 0 Å². The molecule has 0 atom stereocenters. The number of carboxylic acid groups (broad SMARTS) is 1. The van der Waals surface area contributed by atoms with Gasteiger partial charge in [-0.05, 0) is 72.9 Å². The smallest absolute Gasteiger partial charge is 0.419 e. The number of anilines is 1. The molecule has 7 nitrogen and oxygen atoms in total. The van der Waals surface area contributed by atoms with Crippen LogP contribution in [0.15, 0.2) is 42.5 Å². The van der Waals surface area contributed by atoms with Gasteiger partial charge in [-0.25, -0.2) is 9.18 Å². The van der Waals surface area contributed by atoms with E-state index in [4.69, 9.17) is 5.11 Å². The largest absolute Gasteiger partial charge is 0.481 e. The molecule has 3 N–H and O–H groups in total. The van der Waals surface area contributed by atoms with E-state index in [-0.39, 0.29) is 36.7 Å². The maximum absolute atomic E-state index is 13.8. The summed E-state index contributed by atoms with van der Waals surface area (Å²) in [6, 6.07) is 8.06. The van der Waals surface area contributed by atoms with Gasteiger partial charge >= 0.3 is 18.2 Å². The van der Waals surface area contributed by atoms with Crippen molar-refractivity contribution in [1.82, 2.24) is 10.2 Å². The van der Waals surface area contributed by atoms with E-state index in [0.29, 0.717) is 29.2 Å². The predicted molar refractivity (Wildman–Crippen MR) is 142 cm³/mol. The highest BCUT2D eigenvalue weighted by Gasteiger charge is 2.36. The van der Waals surface area contributed by atoms with Crippen molar-refractivity contribution >= 4 is 23.6 Å². The molecule has 0 aliphatic heterocycles. The molecular formula is C29H35F4N3O4. The molecule has 0 radical (unpaired) electrons. The molecule has 218 valence electrons. The molecule has 3 amide bonds. The van der Waals surface area contributed by atoms with Crippen LogP contribution in [0.1, 0.15) is 74.4 Å². The van der Waals surface area contributed by atoms with Crippen molar-refractivity contribution in [1.29, 1.82) is 0 Å². The number of nitrogens with zero attached hydrogens (tertiary/aromatic N) is 1. The lowest BCUT2D eigenvalue weighted by Crippen LogP contribution is -2.45. The van der Waals surface area contributed by atoms with Crippen LogP contribution >= 0.6 is 0 Å². The Morgan fingerprint density at radius 1 is 0.975 bits per heavy atom. The van der Waals surface area contributed by atoms with Crippen molar-refractivity contribution in [3.05, 3.63) is 65.0 Å². The van der Waals surface area contributed by atoms with E-state index in [2.05, 4.69) is 31.4 Å². The zero-order chi connectivity index (χ0) is 29.7. The average Bonchev–Trinajstić information content (AvgIpc) is 2.87. The Hall–Kier alpha value is -3.63. The number of alkyl halides is 3. The number of benzene rings is 2. The molecule has 11 heteroatoms. The van der Waals surface area contributed by atoms with Gasteiger partial charge in [0.1, 0.15) is 5.82 Å². The number of carbonyl (C=O) groups excluding carboxylic acids is 2. The third-order valence-corrected chi connectivity index (χ3v) is 7.34. The van der Waals surface area contributed by atoms with Crippen LogP contribution in [0.25, 0.3) is 0 Å². The lowest BCUT2D eigenvalue weighted by molar-refractivity contribution is -0.140. The number of hydrogen-bond acceptors (Lipinski definition) is 3. The van der Waals surface area contributed by atoms with Gasteiger partial charge in [0.05, 0.1) is 12.0 Å². The van der Waals surface area contributed by atoms with E-state index in [1.165, 1.54) is 0 Å². The summed E-state index contributed by atoms with van der Waals surface area (Å²) >= 11 is 0. The second kappa shape index (κ2) is 12.7. The monoisotopic (exact) mass is 565 g/mol. The molecule has 2 aromatic carbocycles. The summed E-state index contributed by atoms with van der Waals surface area (Å²) < 4.78 is 53.4. The Morgan fingerprint density at radius 3 is 2.15 bits per heavy atom. The van der Waals surface area contributed by atoms with Crippen molar-refractivity contribution < 1.29 is 37.1 Å². The van der Waals surface area contributed by atoms with Gasteiger partial charge < -0.3 is 20.6 Å². The Labute approximate surface area is 230 Å². The summed E-state index contributed by atoms with van der Waals surface area (Å²) in [6.45, 7) is 6.66. The molecule has 3 rings (SSSR count). The molecule has 1 aliphatic rings. The van der Waals surface area contributed by atoms with Crippen molar-refractivity contribution in [2.75, 3.05) is 11.9 Å². The average molecular weight is 566 g/mol. The minimum atomic E-state index is -4.91. The number of halogens is 4. The number of aliphatic carboxylic acids is 1. The molecule has 0 unspecified atom stereocenters. The minimum absolute atomic E-state index is 0.0133. The highest BCUT2D eigenvalue weighted by atomic mass is 19.4. The molecule has 0 bridgehead atoms. The number of rotatable bonds is 8. The first-order valence-corrected chi connectivity index (χ1v) is 13.2. The summed E-state index contributed by atoms with van der Waals surface area (Å²) in [5, 5.41) is 13.8. The first kappa shape index (κ1) is 30.9. The summed E-state index contributed by atoms with van der Waals surface area (Å²) in [7, 11) is 0. The Morgan fingerprint density at radius 2 is 1.60 bits per heavy atom. The van der Waals surface area contributed by atoms with E-state index < -0.39 is 35.5 Å². The number of carbonyl (C=O) groups is 3. The summed E-state index contributed by atoms with van der Waals surface area (Å²) in [4.78, 5) is 37.9. The number of amides is 3.